The molecular formula is C24H27N7O2. The first-order valence-electron chi connectivity index (χ1n) is 10.9. The van der Waals surface area contributed by atoms with Gasteiger partial charge in [-0.25, -0.2) is 4.98 Å². The van der Waals surface area contributed by atoms with Crippen molar-refractivity contribution in [1.29, 1.82) is 0 Å². The number of aryl methyl sites for hydroxylation is 1. The molecule has 1 aromatic carbocycles. The second-order valence-corrected chi connectivity index (χ2v) is 8.08. The lowest BCUT2D eigenvalue weighted by Crippen LogP contribution is -2.44. The van der Waals surface area contributed by atoms with Gasteiger partial charge in [0.05, 0.1) is 16.8 Å². The Labute approximate surface area is 192 Å². The Balaban J connectivity index is 1.68. The highest BCUT2D eigenvalue weighted by molar-refractivity contribution is 5.95. The van der Waals surface area contributed by atoms with Gasteiger partial charge in [0.25, 0.3) is 5.56 Å². The third kappa shape index (κ3) is 4.66. The van der Waals surface area contributed by atoms with Crippen LogP contribution in [-0.4, -0.2) is 58.6 Å². The van der Waals surface area contributed by atoms with E-state index in [0.717, 1.165) is 43.2 Å². The van der Waals surface area contributed by atoms with Crippen molar-refractivity contribution in [1.82, 2.24) is 19.4 Å². The van der Waals surface area contributed by atoms with Crippen LogP contribution in [0.4, 0.5) is 23.0 Å². The molecule has 2 N–H and O–H groups in total. The smallest absolute Gasteiger partial charge is 0.253 e. The largest absolute Gasteiger partial charge is 0.367 e. The van der Waals surface area contributed by atoms with E-state index in [4.69, 9.17) is 6.42 Å². The molecule has 0 bridgehead atoms. The van der Waals surface area contributed by atoms with E-state index < -0.39 is 0 Å². The topological polar surface area (TPSA) is 95.4 Å². The van der Waals surface area contributed by atoms with Gasteiger partial charge < -0.3 is 20.4 Å². The molecule has 3 aromatic rings. The minimum absolute atomic E-state index is 0.0544. The van der Waals surface area contributed by atoms with Gasteiger partial charge in [-0.1, -0.05) is 12.8 Å². The molecule has 2 aromatic heterocycles. The number of piperazine rings is 1. The van der Waals surface area contributed by atoms with E-state index in [-0.39, 0.29) is 11.5 Å². The van der Waals surface area contributed by atoms with Gasteiger partial charge in [-0.2, -0.15) is 4.98 Å². The van der Waals surface area contributed by atoms with Crippen molar-refractivity contribution in [3.63, 3.8) is 0 Å². The monoisotopic (exact) mass is 445 g/mol. The Kier molecular flexibility index (Phi) is 6.29. The third-order valence-electron chi connectivity index (χ3n) is 5.82. The van der Waals surface area contributed by atoms with Crippen LogP contribution in [-0.2, 0) is 11.8 Å². The molecule has 1 amide bonds. The minimum atomic E-state index is -0.235. The molecular weight excluding hydrogens is 418 g/mol. The number of likely N-dealkylation sites (N-methyl/N-ethyl adjacent to an activating group) is 1. The van der Waals surface area contributed by atoms with Gasteiger partial charge >= 0.3 is 0 Å². The van der Waals surface area contributed by atoms with Gasteiger partial charge in [0.2, 0.25) is 11.9 Å². The predicted octanol–water partition coefficient (Wildman–Crippen LogP) is 2.15. The van der Waals surface area contributed by atoms with Crippen molar-refractivity contribution in [2.75, 3.05) is 48.8 Å². The second-order valence-electron chi connectivity index (χ2n) is 8.08. The van der Waals surface area contributed by atoms with E-state index in [9.17, 15) is 9.59 Å². The Morgan fingerprint density at radius 1 is 1.18 bits per heavy atom. The number of hydrogen-bond acceptors (Lipinski definition) is 7. The van der Waals surface area contributed by atoms with Gasteiger partial charge in [0.1, 0.15) is 5.65 Å². The summed E-state index contributed by atoms with van der Waals surface area (Å²) in [4.78, 5) is 37.8. The van der Waals surface area contributed by atoms with Gasteiger partial charge in [0, 0.05) is 63.2 Å². The lowest BCUT2D eigenvalue weighted by molar-refractivity contribution is -0.115. The lowest BCUT2D eigenvalue weighted by Gasteiger charge is -2.35. The quantitative estimate of drug-likeness (QED) is 0.581. The Morgan fingerprint density at radius 2 is 1.94 bits per heavy atom. The van der Waals surface area contributed by atoms with Crippen LogP contribution < -0.4 is 21.1 Å². The van der Waals surface area contributed by atoms with Crippen molar-refractivity contribution in [3.8, 4) is 12.3 Å². The summed E-state index contributed by atoms with van der Waals surface area (Å²) in [6, 6.07) is 7.20. The van der Waals surface area contributed by atoms with Gasteiger partial charge in [-0.15, -0.1) is 6.42 Å². The van der Waals surface area contributed by atoms with E-state index in [2.05, 4.69) is 43.4 Å². The van der Waals surface area contributed by atoms with Gasteiger partial charge in [-0.3, -0.25) is 14.2 Å². The molecule has 1 aliphatic heterocycles. The number of rotatable bonds is 5. The Morgan fingerprint density at radius 3 is 2.64 bits per heavy atom. The summed E-state index contributed by atoms with van der Waals surface area (Å²) in [7, 11) is 3.75. The average Bonchev–Trinajstić information content (AvgIpc) is 2.82. The lowest BCUT2D eigenvalue weighted by atomic mass is 10.2. The van der Waals surface area contributed by atoms with Gasteiger partial charge in [-0.05, 0) is 25.2 Å². The number of amides is 1. The van der Waals surface area contributed by atoms with Crippen molar-refractivity contribution >= 4 is 40.0 Å². The molecule has 3 heterocycles. The summed E-state index contributed by atoms with van der Waals surface area (Å²) in [6.07, 6.45) is 7.53. The normalized spacial score (nSPS) is 14.2. The minimum Gasteiger partial charge on any atom is -0.367 e. The molecule has 33 heavy (non-hydrogen) atoms. The van der Waals surface area contributed by atoms with E-state index >= 15 is 0 Å². The standard InChI is InChI=1S/C24H27N7O2/c1-5-16-13-22(33)30(4)23-18(16)15-25-24(28-23)26-17-7-8-20(19(14-17)27-21(32)6-2)31-11-9-29(3)10-12-31/h1,7-8,13-15H,6,9-12H2,2-4H3,(H,27,32)(H,25,26,28). The molecule has 9 nitrogen and oxygen atoms in total. The summed E-state index contributed by atoms with van der Waals surface area (Å²) in [6.45, 7) is 5.52. The fourth-order valence-corrected chi connectivity index (χ4v) is 3.81. The number of anilines is 4. The molecule has 4 rings (SSSR count). The van der Waals surface area contributed by atoms with Crippen molar-refractivity contribution < 1.29 is 4.79 Å². The maximum Gasteiger partial charge on any atom is 0.253 e. The first-order chi connectivity index (χ1) is 15.9. The number of nitrogens with one attached hydrogen (secondary N) is 2. The molecule has 0 saturated carbocycles. The number of carbonyl (C=O) groups is 1. The van der Waals surface area contributed by atoms with Crippen LogP contribution in [0.3, 0.4) is 0 Å². The molecule has 1 aliphatic rings. The van der Waals surface area contributed by atoms with E-state index in [1.807, 2.05) is 25.1 Å². The number of benzene rings is 1. The number of hydrogen-bond donors (Lipinski definition) is 2. The number of fused-ring (bicyclic) bond motifs is 1. The molecule has 0 aliphatic carbocycles. The van der Waals surface area contributed by atoms with Crippen LogP contribution in [0.2, 0.25) is 0 Å². The van der Waals surface area contributed by atoms with Crippen LogP contribution in [0.1, 0.15) is 18.9 Å². The first kappa shape index (κ1) is 22.3. The number of carbonyl (C=O) groups excluding carboxylic acids is 1. The van der Waals surface area contributed by atoms with Gasteiger partial charge in [0.15, 0.2) is 0 Å². The van der Waals surface area contributed by atoms with Crippen LogP contribution in [0.5, 0.6) is 0 Å². The van der Waals surface area contributed by atoms with E-state index in [1.54, 1.807) is 13.2 Å². The number of pyridine rings is 1. The molecule has 1 saturated heterocycles. The molecule has 0 atom stereocenters. The van der Waals surface area contributed by atoms with Crippen LogP contribution in [0.25, 0.3) is 11.0 Å². The summed E-state index contributed by atoms with van der Waals surface area (Å²) >= 11 is 0. The summed E-state index contributed by atoms with van der Waals surface area (Å²) in [5, 5.41) is 6.83. The highest BCUT2D eigenvalue weighted by atomic mass is 16.1. The summed E-state index contributed by atoms with van der Waals surface area (Å²) in [5.41, 5.74) is 3.11. The zero-order chi connectivity index (χ0) is 23.5. The number of terminal acetylenes is 1. The van der Waals surface area contributed by atoms with Crippen molar-refractivity contribution in [2.45, 2.75) is 13.3 Å². The fourth-order valence-electron chi connectivity index (χ4n) is 3.81. The maximum absolute atomic E-state index is 12.2. The van der Waals surface area contributed by atoms with E-state index in [0.29, 0.717) is 29.0 Å². The summed E-state index contributed by atoms with van der Waals surface area (Å²) < 4.78 is 1.44. The SMILES string of the molecule is C#Cc1cc(=O)n(C)c2nc(Nc3ccc(N4CCN(C)CC4)c(NC(=O)CC)c3)ncc12. The predicted molar refractivity (Wildman–Crippen MR) is 131 cm³/mol. The van der Waals surface area contributed by atoms with Crippen LogP contribution in [0, 0.1) is 12.3 Å². The fraction of sp³-hybridized carbons (Fsp3) is 0.333. The maximum atomic E-state index is 12.2. The molecule has 0 unspecified atom stereocenters. The van der Waals surface area contributed by atoms with Crippen LogP contribution in [0.15, 0.2) is 35.3 Å². The van der Waals surface area contributed by atoms with E-state index in [1.165, 1.54) is 10.6 Å². The number of aromatic nitrogens is 3. The average molecular weight is 446 g/mol. The molecule has 0 spiro atoms. The first-order valence-corrected chi connectivity index (χ1v) is 10.9. The molecule has 170 valence electrons. The second kappa shape index (κ2) is 9.30. The molecule has 1 fully saturated rings. The summed E-state index contributed by atoms with van der Waals surface area (Å²) in [5.74, 6) is 2.79. The number of nitrogens with zero attached hydrogens (tertiary/aromatic N) is 5. The van der Waals surface area contributed by atoms with Crippen molar-refractivity contribution in [3.05, 3.63) is 46.4 Å². The highest BCUT2D eigenvalue weighted by Crippen LogP contribution is 2.31. The highest BCUT2D eigenvalue weighted by Gasteiger charge is 2.18. The van der Waals surface area contributed by atoms with Crippen molar-refractivity contribution in [2.24, 2.45) is 7.05 Å². The Hall–Kier alpha value is -3.90. The zero-order valence-electron chi connectivity index (χ0n) is 19.1. The molecule has 9 heteroatoms. The molecule has 0 radical (unpaired) electrons. The van der Waals surface area contributed by atoms with Crippen LogP contribution >= 0.6 is 0 Å². The zero-order valence-corrected chi connectivity index (χ0v) is 19.1. The Bertz CT molecular complexity index is 1300. The third-order valence-corrected chi connectivity index (χ3v) is 5.82.